The van der Waals surface area contributed by atoms with E-state index in [2.05, 4.69) is 25.8 Å². The first-order valence-corrected chi connectivity index (χ1v) is 6.66. The number of nitrogens with one attached hydrogen (secondary N) is 3. The Kier molecular flexibility index (Phi) is 6.48. The van der Waals surface area contributed by atoms with E-state index in [9.17, 15) is 9.59 Å². The standard InChI is InChI=1S/C12H21N5O3/c1-3-8(2)10(11(18)19)16-12(20)13-6-4-5-9-14-7-15-17-9/h7-8,10H,3-6H2,1-2H3,(H,18,19)(H2,13,16,20)(H,14,15,17)/t8-,10-/m0/s1. The van der Waals surface area contributed by atoms with Gasteiger partial charge < -0.3 is 15.7 Å². The minimum Gasteiger partial charge on any atom is -0.480 e. The summed E-state index contributed by atoms with van der Waals surface area (Å²) in [5.74, 6) is -0.376. The summed E-state index contributed by atoms with van der Waals surface area (Å²) in [7, 11) is 0. The average molecular weight is 283 g/mol. The third-order valence-electron chi connectivity index (χ3n) is 3.11. The zero-order valence-corrected chi connectivity index (χ0v) is 11.7. The lowest BCUT2D eigenvalue weighted by Gasteiger charge is -2.20. The summed E-state index contributed by atoms with van der Waals surface area (Å²) >= 11 is 0. The Labute approximate surface area is 117 Å². The molecule has 1 rings (SSSR count). The topological polar surface area (TPSA) is 120 Å². The van der Waals surface area contributed by atoms with Gasteiger partial charge in [0, 0.05) is 13.0 Å². The lowest BCUT2D eigenvalue weighted by atomic mass is 9.99. The molecule has 0 aliphatic rings. The molecule has 0 saturated heterocycles. The second kappa shape index (κ2) is 8.13. The summed E-state index contributed by atoms with van der Waals surface area (Å²) in [6.45, 7) is 4.12. The molecular formula is C12H21N5O3. The van der Waals surface area contributed by atoms with Crippen molar-refractivity contribution in [2.24, 2.45) is 5.92 Å². The van der Waals surface area contributed by atoms with Crippen LogP contribution in [0.3, 0.4) is 0 Å². The van der Waals surface area contributed by atoms with Crippen molar-refractivity contribution < 1.29 is 14.7 Å². The first-order chi connectivity index (χ1) is 9.54. The molecular weight excluding hydrogens is 262 g/mol. The number of carboxylic acids is 1. The molecule has 112 valence electrons. The Morgan fingerprint density at radius 3 is 2.80 bits per heavy atom. The van der Waals surface area contributed by atoms with Crippen LogP contribution >= 0.6 is 0 Å². The number of rotatable bonds is 8. The van der Waals surface area contributed by atoms with Crippen LogP contribution in [0.15, 0.2) is 6.33 Å². The molecule has 2 atom stereocenters. The van der Waals surface area contributed by atoms with Gasteiger partial charge in [-0.1, -0.05) is 20.3 Å². The molecule has 0 aliphatic heterocycles. The molecule has 0 unspecified atom stereocenters. The lowest BCUT2D eigenvalue weighted by Crippen LogP contribution is -2.49. The van der Waals surface area contributed by atoms with Crippen LogP contribution in [0, 0.1) is 5.92 Å². The number of hydrogen-bond donors (Lipinski definition) is 4. The SMILES string of the molecule is CC[C@H](C)[C@H](NC(=O)NCCCc1ncn[nH]1)C(=O)O. The molecule has 0 fully saturated rings. The summed E-state index contributed by atoms with van der Waals surface area (Å²) in [4.78, 5) is 26.6. The number of aromatic nitrogens is 3. The predicted octanol–water partition coefficient (Wildman–Crippen LogP) is 0.536. The van der Waals surface area contributed by atoms with Crippen molar-refractivity contribution in [2.45, 2.75) is 39.2 Å². The predicted molar refractivity (Wildman–Crippen MR) is 72.1 cm³/mol. The smallest absolute Gasteiger partial charge is 0.326 e. The molecule has 0 aromatic carbocycles. The molecule has 8 heteroatoms. The number of carbonyl (C=O) groups is 2. The van der Waals surface area contributed by atoms with E-state index in [0.29, 0.717) is 25.8 Å². The van der Waals surface area contributed by atoms with Crippen molar-refractivity contribution in [2.75, 3.05) is 6.54 Å². The van der Waals surface area contributed by atoms with Crippen molar-refractivity contribution in [3.05, 3.63) is 12.2 Å². The molecule has 0 radical (unpaired) electrons. The van der Waals surface area contributed by atoms with Gasteiger partial charge in [0.1, 0.15) is 18.2 Å². The Hall–Kier alpha value is -2.12. The van der Waals surface area contributed by atoms with Crippen molar-refractivity contribution in [1.29, 1.82) is 0 Å². The summed E-state index contributed by atoms with van der Waals surface area (Å²) < 4.78 is 0. The first-order valence-electron chi connectivity index (χ1n) is 6.66. The zero-order chi connectivity index (χ0) is 15.0. The van der Waals surface area contributed by atoms with Gasteiger partial charge in [0.15, 0.2) is 0 Å². The van der Waals surface area contributed by atoms with Crippen LogP contribution in [0.1, 0.15) is 32.5 Å². The van der Waals surface area contributed by atoms with Gasteiger partial charge in [0.25, 0.3) is 0 Å². The van der Waals surface area contributed by atoms with Gasteiger partial charge in [-0.2, -0.15) is 5.10 Å². The number of H-pyrrole nitrogens is 1. The summed E-state index contributed by atoms with van der Waals surface area (Å²) in [5.41, 5.74) is 0. The molecule has 1 aromatic rings. The van der Waals surface area contributed by atoms with Gasteiger partial charge in [-0.25, -0.2) is 14.6 Å². The van der Waals surface area contributed by atoms with Gasteiger partial charge >= 0.3 is 12.0 Å². The summed E-state index contributed by atoms with van der Waals surface area (Å²) in [6.07, 6.45) is 3.49. The molecule has 2 amide bonds. The van der Waals surface area contributed by atoms with Crippen LogP contribution < -0.4 is 10.6 Å². The quantitative estimate of drug-likeness (QED) is 0.519. The maximum atomic E-state index is 11.6. The molecule has 8 nitrogen and oxygen atoms in total. The van der Waals surface area contributed by atoms with Crippen molar-refractivity contribution >= 4 is 12.0 Å². The fraction of sp³-hybridized carbons (Fsp3) is 0.667. The van der Waals surface area contributed by atoms with Crippen LogP contribution in [-0.4, -0.2) is 44.9 Å². The van der Waals surface area contributed by atoms with Crippen LogP contribution in [0.4, 0.5) is 4.79 Å². The zero-order valence-electron chi connectivity index (χ0n) is 11.7. The van der Waals surface area contributed by atoms with Crippen molar-refractivity contribution in [1.82, 2.24) is 25.8 Å². The Bertz CT molecular complexity index is 421. The number of urea groups is 1. The minimum atomic E-state index is -1.02. The molecule has 1 heterocycles. The van der Waals surface area contributed by atoms with Crippen molar-refractivity contribution in [3.8, 4) is 0 Å². The highest BCUT2D eigenvalue weighted by Gasteiger charge is 2.24. The molecule has 1 aromatic heterocycles. The van der Waals surface area contributed by atoms with Crippen LogP contribution in [0.2, 0.25) is 0 Å². The van der Waals surface area contributed by atoms with Crippen LogP contribution in [0.25, 0.3) is 0 Å². The number of hydrogen-bond acceptors (Lipinski definition) is 4. The second-order valence-corrected chi connectivity index (χ2v) is 4.64. The number of aryl methyl sites for hydroxylation is 1. The van der Waals surface area contributed by atoms with Gasteiger partial charge in [-0.3, -0.25) is 5.10 Å². The van der Waals surface area contributed by atoms with E-state index < -0.39 is 18.0 Å². The van der Waals surface area contributed by atoms with E-state index in [1.807, 2.05) is 6.92 Å². The maximum absolute atomic E-state index is 11.6. The molecule has 4 N–H and O–H groups in total. The van der Waals surface area contributed by atoms with Crippen molar-refractivity contribution in [3.63, 3.8) is 0 Å². The average Bonchev–Trinajstić information content (AvgIpc) is 2.93. The Morgan fingerprint density at radius 2 is 2.25 bits per heavy atom. The van der Waals surface area contributed by atoms with E-state index in [1.54, 1.807) is 6.92 Å². The number of nitrogens with zero attached hydrogens (tertiary/aromatic N) is 2. The first kappa shape index (κ1) is 15.9. The van der Waals surface area contributed by atoms with Gasteiger partial charge in [-0.15, -0.1) is 0 Å². The highest BCUT2D eigenvalue weighted by molar-refractivity contribution is 5.82. The van der Waals surface area contributed by atoms with E-state index in [1.165, 1.54) is 6.33 Å². The van der Waals surface area contributed by atoms with Crippen LogP contribution in [0.5, 0.6) is 0 Å². The summed E-state index contributed by atoms with van der Waals surface area (Å²) in [5, 5.41) is 20.6. The Balaban J connectivity index is 2.26. The third kappa shape index (κ3) is 5.25. The number of carbonyl (C=O) groups excluding carboxylic acids is 1. The van der Waals surface area contributed by atoms with E-state index >= 15 is 0 Å². The third-order valence-corrected chi connectivity index (χ3v) is 3.11. The van der Waals surface area contributed by atoms with E-state index in [-0.39, 0.29) is 5.92 Å². The largest absolute Gasteiger partial charge is 0.480 e. The molecule has 20 heavy (non-hydrogen) atoms. The van der Waals surface area contributed by atoms with Gasteiger partial charge in [-0.05, 0) is 12.3 Å². The molecule has 0 aliphatic carbocycles. The molecule has 0 bridgehead atoms. The maximum Gasteiger partial charge on any atom is 0.326 e. The fourth-order valence-electron chi connectivity index (χ4n) is 1.68. The Morgan fingerprint density at radius 1 is 1.50 bits per heavy atom. The number of aliphatic carboxylic acids is 1. The van der Waals surface area contributed by atoms with Crippen LogP contribution in [-0.2, 0) is 11.2 Å². The van der Waals surface area contributed by atoms with E-state index in [4.69, 9.17) is 5.11 Å². The van der Waals surface area contributed by atoms with E-state index in [0.717, 1.165) is 5.82 Å². The number of amides is 2. The minimum absolute atomic E-state index is 0.118. The number of aromatic amines is 1. The lowest BCUT2D eigenvalue weighted by molar-refractivity contribution is -0.140. The highest BCUT2D eigenvalue weighted by Crippen LogP contribution is 2.07. The number of carboxylic acid groups (broad SMARTS) is 1. The normalized spacial score (nSPS) is 13.5. The summed E-state index contributed by atoms with van der Waals surface area (Å²) in [6, 6.07) is -1.33. The van der Waals surface area contributed by atoms with Gasteiger partial charge in [0.05, 0.1) is 0 Å². The monoisotopic (exact) mass is 283 g/mol. The second-order valence-electron chi connectivity index (χ2n) is 4.64. The molecule has 0 saturated carbocycles. The fourth-order valence-corrected chi connectivity index (χ4v) is 1.68. The van der Waals surface area contributed by atoms with Gasteiger partial charge in [0.2, 0.25) is 0 Å². The highest BCUT2D eigenvalue weighted by atomic mass is 16.4. The molecule has 0 spiro atoms.